The van der Waals surface area contributed by atoms with Crippen LogP contribution >= 0.6 is 0 Å². The zero-order chi connectivity index (χ0) is 21.0. The monoisotopic (exact) mass is 403 g/mol. The van der Waals surface area contributed by atoms with Crippen molar-refractivity contribution in [1.82, 2.24) is 10.2 Å². The Bertz CT molecular complexity index is 797. The molecule has 29 heavy (non-hydrogen) atoms. The molecule has 1 spiro atoms. The average molecular weight is 403 g/mol. The van der Waals surface area contributed by atoms with Crippen LogP contribution < -0.4 is 20.1 Å². The summed E-state index contributed by atoms with van der Waals surface area (Å²) in [5.74, 6) is 0.430. The quantitative estimate of drug-likeness (QED) is 0.683. The number of amides is 4. The minimum Gasteiger partial charge on any atom is -0.490 e. The summed E-state index contributed by atoms with van der Waals surface area (Å²) in [6, 6.07) is 4.59. The van der Waals surface area contributed by atoms with Crippen LogP contribution in [-0.4, -0.2) is 48.0 Å². The lowest BCUT2D eigenvalue weighted by Gasteiger charge is -2.36. The molecule has 0 radical (unpaired) electrons. The molecule has 1 aliphatic heterocycles. The highest BCUT2D eigenvalue weighted by atomic mass is 16.5. The summed E-state index contributed by atoms with van der Waals surface area (Å²) in [5.41, 5.74) is -0.355. The lowest BCUT2D eigenvalue weighted by atomic mass is 9.73. The number of carbonyl (C=O) groups is 3. The van der Waals surface area contributed by atoms with Gasteiger partial charge in [-0.15, -0.1) is 0 Å². The Morgan fingerprint density at radius 1 is 1.21 bits per heavy atom. The molecule has 3 rings (SSSR count). The summed E-state index contributed by atoms with van der Waals surface area (Å²) in [6.45, 7) is 6.36. The molecule has 158 valence electrons. The third kappa shape index (κ3) is 4.16. The smallest absolute Gasteiger partial charge is 0.325 e. The van der Waals surface area contributed by atoms with Crippen molar-refractivity contribution in [3.8, 4) is 11.5 Å². The highest BCUT2D eigenvalue weighted by molar-refractivity contribution is 6.10. The van der Waals surface area contributed by atoms with Crippen LogP contribution in [0.2, 0.25) is 0 Å². The van der Waals surface area contributed by atoms with Crippen LogP contribution in [0, 0.1) is 5.92 Å². The van der Waals surface area contributed by atoms with Crippen molar-refractivity contribution in [3.63, 3.8) is 0 Å². The van der Waals surface area contributed by atoms with Crippen molar-refractivity contribution in [2.24, 2.45) is 5.92 Å². The molecule has 2 atom stereocenters. The molecule has 2 fully saturated rings. The van der Waals surface area contributed by atoms with Gasteiger partial charge in [-0.05, 0) is 44.7 Å². The summed E-state index contributed by atoms with van der Waals surface area (Å²) < 4.78 is 11.1. The Kier molecular flexibility index (Phi) is 6.30. The van der Waals surface area contributed by atoms with Gasteiger partial charge in [0, 0.05) is 11.8 Å². The van der Waals surface area contributed by atoms with Gasteiger partial charge in [0.15, 0.2) is 11.5 Å². The van der Waals surface area contributed by atoms with Crippen LogP contribution in [0.4, 0.5) is 10.5 Å². The Hall–Kier alpha value is -2.77. The molecule has 2 N–H and O–H groups in total. The zero-order valence-corrected chi connectivity index (χ0v) is 17.2. The first-order chi connectivity index (χ1) is 13.9. The van der Waals surface area contributed by atoms with E-state index >= 15 is 0 Å². The number of urea groups is 1. The maximum absolute atomic E-state index is 13.0. The summed E-state index contributed by atoms with van der Waals surface area (Å²) in [6.07, 6.45) is 3.45. The minimum atomic E-state index is -0.864. The molecule has 2 aliphatic rings. The van der Waals surface area contributed by atoms with Crippen LogP contribution in [-0.2, 0) is 9.59 Å². The van der Waals surface area contributed by atoms with E-state index in [1.807, 2.05) is 20.8 Å². The van der Waals surface area contributed by atoms with E-state index in [-0.39, 0.29) is 18.4 Å². The minimum absolute atomic E-state index is 0.0561. The van der Waals surface area contributed by atoms with Crippen LogP contribution in [0.3, 0.4) is 0 Å². The molecule has 1 aromatic rings. The van der Waals surface area contributed by atoms with Crippen molar-refractivity contribution >= 4 is 23.5 Å². The highest BCUT2D eigenvalue weighted by Crippen LogP contribution is 2.38. The van der Waals surface area contributed by atoms with Gasteiger partial charge in [0.05, 0.1) is 13.2 Å². The molecule has 4 amide bonds. The second-order valence-corrected chi connectivity index (χ2v) is 7.52. The lowest BCUT2D eigenvalue weighted by Crippen LogP contribution is -2.54. The predicted octanol–water partition coefficient (Wildman–Crippen LogP) is 2.92. The first-order valence-corrected chi connectivity index (χ1v) is 10.2. The van der Waals surface area contributed by atoms with Crippen molar-refractivity contribution in [2.45, 2.75) is 52.0 Å². The van der Waals surface area contributed by atoms with Gasteiger partial charge >= 0.3 is 6.03 Å². The van der Waals surface area contributed by atoms with E-state index < -0.39 is 17.5 Å². The van der Waals surface area contributed by atoms with Crippen LogP contribution in [0.1, 0.15) is 46.5 Å². The maximum atomic E-state index is 13.0. The first-order valence-electron chi connectivity index (χ1n) is 10.2. The van der Waals surface area contributed by atoms with Crippen LogP contribution in [0.15, 0.2) is 18.2 Å². The number of anilines is 1. The molecule has 1 heterocycles. The molecular formula is C21H29N3O5. The average Bonchev–Trinajstić information content (AvgIpc) is 2.91. The fraction of sp³-hybridized carbons (Fsp3) is 0.571. The highest BCUT2D eigenvalue weighted by Gasteiger charge is 2.55. The molecule has 1 aliphatic carbocycles. The topological polar surface area (TPSA) is 97.0 Å². The molecule has 0 aromatic heterocycles. The Morgan fingerprint density at radius 2 is 1.93 bits per heavy atom. The van der Waals surface area contributed by atoms with Gasteiger partial charge in [0.25, 0.3) is 5.91 Å². The maximum Gasteiger partial charge on any atom is 0.325 e. The number of benzene rings is 1. The van der Waals surface area contributed by atoms with Crippen molar-refractivity contribution in [1.29, 1.82) is 0 Å². The summed E-state index contributed by atoms with van der Waals surface area (Å²) in [5, 5.41) is 5.59. The van der Waals surface area contributed by atoms with Gasteiger partial charge in [-0.25, -0.2) is 4.79 Å². The SMILES string of the molecule is CCOc1ccc(NC(=O)CN2C(=O)NC3(CCCCC3C)C2=O)cc1OCC. The Morgan fingerprint density at radius 3 is 2.62 bits per heavy atom. The molecule has 0 bridgehead atoms. The first kappa shape index (κ1) is 21.0. The molecule has 1 saturated heterocycles. The summed E-state index contributed by atoms with van der Waals surface area (Å²) >= 11 is 0. The van der Waals surface area contributed by atoms with E-state index in [0.717, 1.165) is 24.2 Å². The number of carbonyl (C=O) groups excluding carboxylic acids is 3. The predicted molar refractivity (Wildman–Crippen MR) is 108 cm³/mol. The van der Waals surface area contributed by atoms with Crippen molar-refractivity contribution in [2.75, 3.05) is 25.1 Å². The Balaban J connectivity index is 1.68. The number of nitrogens with one attached hydrogen (secondary N) is 2. The normalized spacial score (nSPS) is 23.8. The molecule has 1 aromatic carbocycles. The van der Waals surface area contributed by atoms with E-state index in [4.69, 9.17) is 9.47 Å². The molecule has 1 saturated carbocycles. The number of ether oxygens (including phenoxy) is 2. The number of rotatable bonds is 7. The fourth-order valence-corrected chi connectivity index (χ4v) is 4.11. The van der Waals surface area contributed by atoms with Crippen molar-refractivity contribution < 1.29 is 23.9 Å². The van der Waals surface area contributed by atoms with Gasteiger partial charge in [-0.3, -0.25) is 14.5 Å². The summed E-state index contributed by atoms with van der Waals surface area (Å²) in [7, 11) is 0. The number of imide groups is 1. The fourth-order valence-electron chi connectivity index (χ4n) is 4.11. The van der Waals surface area contributed by atoms with Gasteiger partial charge in [0.2, 0.25) is 5.91 Å². The number of hydrogen-bond acceptors (Lipinski definition) is 5. The lowest BCUT2D eigenvalue weighted by molar-refractivity contribution is -0.136. The van der Waals surface area contributed by atoms with E-state index in [2.05, 4.69) is 10.6 Å². The van der Waals surface area contributed by atoms with Crippen LogP contribution in [0.5, 0.6) is 11.5 Å². The largest absolute Gasteiger partial charge is 0.490 e. The Labute approximate surface area is 170 Å². The third-order valence-electron chi connectivity index (χ3n) is 5.63. The standard InChI is InChI=1S/C21H29N3O5/c1-4-28-16-10-9-15(12-17(16)29-5-2)22-18(25)13-24-19(26)21(23-20(24)27)11-7-6-8-14(21)3/h9-10,12,14H,4-8,11,13H2,1-3H3,(H,22,25)(H,23,27). The molecule has 2 unspecified atom stereocenters. The zero-order valence-electron chi connectivity index (χ0n) is 17.2. The second-order valence-electron chi connectivity index (χ2n) is 7.52. The molecule has 8 nitrogen and oxygen atoms in total. The van der Waals surface area contributed by atoms with Gasteiger partial charge in [-0.2, -0.15) is 0 Å². The van der Waals surface area contributed by atoms with E-state index in [9.17, 15) is 14.4 Å². The van der Waals surface area contributed by atoms with Gasteiger partial charge in [0.1, 0.15) is 12.1 Å². The van der Waals surface area contributed by atoms with Crippen molar-refractivity contribution in [3.05, 3.63) is 18.2 Å². The molecule has 8 heteroatoms. The molecular weight excluding hydrogens is 374 g/mol. The van der Waals surface area contributed by atoms with Gasteiger partial charge in [-0.1, -0.05) is 19.8 Å². The third-order valence-corrected chi connectivity index (χ3v) is 5.63. The van der Waals surface area contributed by atoms with E-state index in [1.54, 1.807) is 18.2 Å². The van der Waals surface area contributed by atoms with E-state index in [1.165, 1.54) is 0 Å². The van der Waals surface area contributed by atoms with Crippen LogP contribution in [0.25, 0.3) is 0 Å². The number of nitrogens with zero attached hydrogens (tertiary/aromatic N) is 1. The van der Waals surface area contributed by atoms with E-state index in [0.29, 0.717) is 36.8 Å². The summed E-state index contributed by atoms with van der Waals surface area (Å²) in [4.78, 5) is 39.0. The van der Waals surface area contributed by atoms with Gasteiger partial charge < -0.3 is 20.1 Å². The number of hydrogen-bond donors (Lipinski definition) is 2. The second kappa shape index (κ2) is 8.71.